The van der Waals surface area contributed by atoms with Crippen LogP contribution in [0.15, 0.2) is 0 Å². The Morgan fingerprint density at radius 1 is 0.368 bits per heavy atom. The van der Waals surface area contributed by atoms with Crippen LogP contribution in [0.2, 0.25) is 0 Å². The number of hydrogen-bond donors (Lipinski definition) is 0. The number of rotatable bonds is 0. The highest BCUT2D eigenvalue weighted by atomic mass is 16.8. The van der Waals surface area contributed by atoms with E-state index < -0.39 is 0 Å². The standard InChI is InChI=1S/C26H48N2O10/c1-3-27-5-9-29-13-17-33-19-15-31-11-7-28(8-12-32-16-20-34-18-14-30-10-6-27)4-2-26-36-22-23-24(38-26)21-35-25(1)37-23/h23-26H,1-22H2/t23-,24-,25+,26+/m0/s1. The summed E-state index contributed by atoms with van der Waals surface area (Å²) in [5.74, 6) is 0. The topological polar surface area (TPSA) is 98.8 Å². The van der Waals surface area contributed by atoms with Crippen molar-refractivity contribution in [3.8, 4) is 0 Å². The average molecular weight is 549 g/mol. The summed E-state index contributed by atoms with van der Waals surface area (Å²) in [6.07, 6.45) is 0.758. The molecule has 0 unspecified atom stereocenters. The van der Waals surface area contributed by atoms with Crippen LogP contribution in [0.1, 0.15) is 12.8 Å². The molecule has 7 saturated heterocycles. The Kier molecular flexibility index (Phi) is 15.1. The van der Waals surface area contributed by atoms with Crippen molar-refractivity contribution in [2.24, 2.45) is 0 Å². The molecule has 0 radical (unpaired) electrons. The largest absolute Gasteiger partial charge is 0.378 e. The van der Waals surface area contributed by atoms with Gasteiger partial charge in [0.25, 0.3) is 0 Å². The van der Waals surface area contributed by atoms with Crippen molar-refractivity contribution < 1.29 is 47.4 Å². The molecule has 0 spiro atoms. The first kappa shape index (κ1) is 30.5. The van der Waals surface area contributed by atoms with Crippen LogP contribution in [0.3, 0.4) is 0 Å². The molecule has 0 aromatic carbocycles. The molecule has 12 heteroatoms. The molecule has 7 heterocycles. The molecule has 0 aromatic rings. The second-order valence-electron chi connectivity index (χ2n) is 9.81. The van der Waals surface area contributed by atoms with Crippen LogP contribution in [-0.4, -0.2) is 166 Å². The van der Waals surface area contributed by atoms with E-state index in [0.29, 0.717) is 92.5 Å². The third-order valence-electron chi connectivity index (χ3n) is 7.02. The monoisotopic (exact) mass is 548 g/mol. The lowest BCUT2D eigenvalue weighted by Crippen LogP contribution is -2.53. The zero-order valence-corrected chi connectivity index (χ0v) is 22.8. The normalized spacial score (nSPS) is 37.3. The molecule has 38 heavy (non-hydrogen) atoms. The van der Waals surface area contributed by atoms with Gasteiger partial charge < -0.3 is 47.4 Å². The smallest absolute Gasteiger partial charge is 0.159 e. The number of fused-ring (bicyclic) bond motifs is 10. The minimum absolute atomic E-state index is 0.105. The predicted molar refractivity (Wildman–Crippen MR) is 136 cm³/mol. The van der Waals surface area contributed by atoms with Crippen LogP contribution in [0, 0.1) is 0 Å². The zero-order chi connectivity index (χ0) is 26.1. The van der Waals surface area contributed by atoms with E-state index in [1.165, 1.54) is 0 Å². The van der Waals surface area contributed by atoms with E-state index in [-0.39, 0.29) is 24.8 Å². The van der Waals surface area contributed by atoms with E-state index in [0.717, 1.165) is 52.1 Å². The number of ether oxygens (including phenoxy) is 10. The Morgan fingerprint density at radius 2 is 0.684 bits per heavy atom. The molecular weight excluding hydrogens is 500 g/mol. The maximum atomic E-state index is 6.21. The van der Waals surface area contributed by atoms with Crippen molar-refractivity contribution in [3.05, 3.63) is 0 Å². The first-order valence-corrected chi connectivity index (χ1v) is 14.3. The van der Waals surface area contributed by atoms with Gasteiger partial charge in [0, 0.05) is 52.1 Å². The fourth-order valence-corrected chi connectivity index (χ4v) is 4.75. The van der Waals surface area contributed by atoms with Gasteiger partial charge in [0.1, 0.15) is 12.2 Å². The van der Waals surface area contributed by atoms with E-state index >= 15 is 0 Å². The van der Waals surface area contributed by atoms with Crippen LogP contribution in [0.5, 0.6) is 0 Å². The Morgan fingerprint density at radius 3 is 1.03 bits per heavy atom. The van der Waals surface area contributed by atoms with Crippen molar-refractivity contribution in [3.63, 3.8) is 0 Å². The van der Waals surface area contributed by atoms with Crippen LogP contribution >= 0.6 is 0 Å². The summed E-state index contributed by atoms with van der Waals surface area (Å²) in [7, 11) is 0. The fraction of sp³-hybridized carbons (Fsp3) is 1.00. The average Bonchev–Trinajstić information content (AvgIpc) is 2.94. The minimum Gasteiger partial charge on any atom is -0.378 e. The SMILES string of the molecule is C1COCCN2CCOCCOCCOCCN(CCOCCO1)CC[C@@H]1OC[C@@H]3O[C@H](CC2)OC[C@@H]3O1. The highest BCUT2D eigenvalue weighted by molar-refractivity contribution is 4.80. The quantitative estimate of drug-likeness (QED) is 0.381. The van der Waals surface area contributed by atoms with Crippen molar-refractivity contribution >= 4 is 0 Å². The van der Waals surface area contributed by atoms with Gasteiger partial charge in [-0.2, -0.15) is 0 Å². The van der Waals surface area contributed by atoms with Crippen LogP contribution in [0.4, 0.5) is 0 Å². The molecule has 0 N–H and O–H groups in total. The highest BCUT2D eigenvalue weighted by Crippen LogP contribution is 2.25. The molecule has 7 aliphatic rings. The van der Waals surface area contributed by atoms with Crippen LogP contribution < -0.4 is 0 Å². The maximum absolute atomic E-state index is 6.21. The molecule has 0 amide bonds. The molecule has 7 aliphatic heterocycles. The van der Waals surface area contributed by atoms with Gasteiger partial charge in [0.05, 0.1) is 92.5 Å². The van der Waals surface area contributed by atoms with Crippen molar-refractivity contribution in [1.82, 2.24) is 9.80 Å². The summed E-state index contributed by atoms with van der Waals surface area (Å²) in [6, 6.07) is 0. The second kappa shape index (κ2) is 18.8. The summed E-state index contributed by atoms with van der Waals surface area (Å²) in [6.45, 7) is 12.8. The summed E-state index contributed by atoms with van der Waals surface area (Å²) in [4.78, 5) is 4.64. The number of hydrogen-bond acceptors (Lipinski definition) is 12. The van der Waals surface area contributed by atoms with Gasteiger partial charge in [-0.05, 0) is 0 Å². The third-order valence-corrected chi connectivity index (χ3v) is 7.02. The van der Waals surface area contributed by atoms with Gasteiger partial charge in [0.15, 0.2) is 12.6 Å². The fourth-order valence-electron chi connectivity index (χ4n) is 4.75. The highest BCUT2D eigenvalue weighted by Gasteiger charge is 2.38. The van der Waals surface area contributed by atoms with Crippen molar-refractivity contribution in [2.75, 3.05) is 132 Å². The molecule has 0 saturated carbocycles. The van der Waals surface area contributed by atoms with Gasteiger partial charge >= 0.3 is 0 Å². The molecule has 7 fully saturated rings. The second-order valence-corrected chi connectivity index (χ2v) is 9.81. The van der Waals surface area contributed by atoms with Crippen molar-refractivity contribution in [2.45, 2.75) is 37.6 Å². The lowest BCUT2D eigenvalue weighted by molar-refractivity contribution is -0.338. The lowest BCUT2D eigenvalue weighted by Gasteiger charge is -2.42. The van der Waals surface area contributed by atoms with Gasteiger partial charge in [-0.3, -0.25) is 9.80 Å². The maximum Gasteiger partial charge on any atom is 0.159 e. The molecule has 0 aliphatic carbocycles. The van der Waals surface area contributed by atoms with E-state index in [4.69, 9.17) is 47.4 Å². The molecular formula is C26H48N2O10. The summed E-state index contributed by atoms with van der Waals surface area (Å²) >= 11 is 0. The Balaban J connectivity index is 1.37. The molecule has 0 aromatic heterocycles. The summed E-state index contributed by atoms with van der Waals surface area (Å²) in [5.41, 5.74) is 0. The van der Waals surface area contributed by atoms with Crippen LogP contribution in [-0.2, 0) is 47.4 Å². The van der Waals surface area contributed by atoms with Gasteiger partial charge in [-0.25, -0.2) is 0 Å². The first-order chi connectivity index (χ1) is 18.9. The molecule has 222 valence electrons. The van der Waals surface area contributed by atoms with Crippen LogP contribution in [0.25, 0.3) is 0 Å². The van der Waals surface area contributed by atoms with Gasteiger partial charge in [-0.15, -0.1) is 0 Å². The molecule has 7 rings (SSSR count). The Hall–Kier alpha value is -0.480. The lowest BCUT2D eigenvalue weighted by atomic mass is 10.1. The molecule has 6 bridgehead atoms. The number of nitrogens with zero attached hydrogens (tertiary/aromatic N) is 2. The van der Waals surface area contributed by atoms with E-state index in [2.05, 4.69) is 9.80 Å². The van der Waals surface area contributed by atoms with Gasteiger partial charge in [-0.1, -0.05) is 0 Å². The Bertz CT molecular complexity index is 532. The third kappa shape index (κ3) is 11.9. The summed E-state index contributed by atoms with van der Waals surface area (Å²) in [5, 5.41) is 0. The van der Waals surface area contributed by atoms with E-state index in [9.17, 15) is 0 Å². The molecule has 4 atom stereocenters. The molecule has 12 nitrogen and oxygen atoms in total. The van der Waals surface area contributed by atoms with Gasteiger partial charge in [0.2, 0.25) is 0 Å². The first-order valence-electron chi connectivity index (χ1n) is 14.3. The zero-order valence-electron chi connectivity index (χ0n) is 22.8. The summed E-state index contributed by atoms with van der Waals surface area (Å²) < 4.78 is 59.1. The minimum atomic E-state index is -0.273. The van der Waals surface area contributed by atoms with E-state index in [1.54, 1.807) is 0 Å². The van der Waals surface area contributed by atoms with Crippen molar-refractivity contribution in [1.29, 1.82) is 0 Å². The van der Waals surface area contributed by atoms with E-state index in [1.807, 2.05) is 0 Å². The predicted octanol–water partition coefficient (Wildman–Crippen LogP) is -0.0196. The Labute approximate surface area is 226 Å².